The summed E-state index contributed by atoms with van der Waals surface area (Å²) in [6, 6.07) is 15.5. The van der Waals surface area contributed by atoms with Crippen LogP contribution in [0.1, 0.15) is 27.0 Å². The number of nitro groups is 1. The molecule has 0 unspecified atom stereocenters. The Labute approximate surface area is 180 Å². The highest BCUT2D eigenvalue weighted by molar-refractivity contribution is 7.92. The van der Waals surface area contributed by atoms with Gasteiger partial charge in [-0.15, -0.1) is 0 Å². The standard InChI is InChI=1S/C22H21N3O5S/c1-14-7-10-18(11-8-14)31(29,30)24-19-12-9-17(13-15(19)2)22(26)23-20-5-4-6-21(16(20)3)25(27)28/h4-13,24H,1-3H3,(H,23,26). The minimum atomic E-state index is -3.77. The van der Waals surface area contributed by atoms with E-state index < -0.39 is 20.9 Å². The van der Waals surface area contributed by atoms with Gasteiger partial charge in [0, 0.05) is 11.6 Å². The third-order valence-corrected chi connectivity index (χ3v) is 6.20. The first kappa shape index (κ1) is 22.0. The largest absolute Gasteiger partial charge is 0.321 e. The number of amides is 1. The fraction of sp³-hybridized carbons (Fsp3) is 0.136. The molecule has 3 aromatic carbocycles. The van der Waals surface area contributed by atoms with Crippen LogP contribution in [-0.2, 0) is 10.0 Å². The Morgan fingerprint density at radius 2 is 1.61 bits per heavy atom. The van der Waals surface area contributed by atoms with Crippen LogP contribution in [0, 0.1) is 30.9 Å². The number of carbonyl (C=O) groups is 1. The number of nitrogens with zero attached hydrogens (tertiary/aromatic N) is 1. The number of nitro benzene ring substituents is 1. The average molecular weight is 439 g/mol. The summed E-state index contributed by atoms with van der Waals surface area (Å²) in [5.41, 5.74) is 2.74. The van der Waals surface area contributed by atoms with Crippen LogP contribution in [0.2, 0.25) is 0 Å². The molecule has 0 saturated heterocycles. The number of carbonyl (C=O) groups excluding carboxylic acids is 1. The van der Waals surface area contributed by atoms with Gasteiger partial charge in [0.05, 0.1) is 26.8 Å². The van der Waals surface area contributed by atoms with E-state index in [0.717, 1.165) is 5.56 Å². The van der Waals surface area contributed by atoms with Gasteiger partial charge in [-0.3, -0.25) is 19.6 Å². The van der Waals surface area contributed by atoms with Crippen molar-refractivity contribution in [2.45, 2.75) is 25.7 Å². The van der Waals surface area contributed by atoms with Gasteiger partial charge in [0.25, 0.3) is 21.6 Å². The quantitative estimate of drug-likeness (QED) is 0.431. The Balaban J connectivity index is 1.81. The van der Waals surface area contributed by atoms with Crippen molar-refractivity contribution in [3.05, 3.63) is 93.0 Å². The molecule has 2 N–H and O–H groups in total. The summed E-state index contributed by atoms with van der Waals surface area (Å²) in [5.74, 6) is -0.459. The van der Waals surface area contributed by atoms with Gasteiger partial charge in [-0.05, 0) is 62.7 Å². The number of hydrogen-bond acceptors (Lipinski definition) is 5. The van der Waals surface area contributed by atoms with Gasteiger partial charge in [0.1, 0.15) is 0 Å². The molecule has 0 aliphatic carbocycles. The van der Waals surface area contributed by atoms with E-state index in [1.54, 1.807) is 38.1 Å². The molecule has 0 bridgehead atoms. The lowest BCUT2D eigenvalue weighted by molar-refractivity contribution is -0.385. The zero-order valence-electron chi connectivity index (χ0n) is 17.2. The Bertz CT molecular complexity index is 1270. The van der Waals surface area contributed by atoms with Crippen LogP contribution in [0.4, 0.5) is 17.1 Å². The van der Waals surface area contributed by atoms with Crippen LogP contribution >= 0.6 is 0 Å². The third-order valence-electron chi connectivity index (χ3n) is 4.81. The highest BCUT2D eigenvalue weighted by atomic mass is 32.2. The summed E-state index contributed by atoms with van der Waals surface area (Å²) in [6.45, 7) is 5.11. The van der Waals surface area contributed by atoms with Crippen LogP contribution < -0.4 is 10.0 Å². The van der Waals surface area contributed by atoms with Crippen molar-refractivity contribution in [3.8, 4) is 0 Å². The number of nitrogens with one attached hydrogen (secondary N) is 2. The maximum absolute atomic E-state index is 12.6. The third kappa shape index (κ3) is 4.89. The molecule has 31 heavy (non-hydrogen) atoms. The number of hydrogen-bond donors (Lipinski definition) is 2. The van der Waals surface area contributed by atoms with E-state index in [9.17, 15) is 23.3 Å². The molecular formula is C22H21N3O5S. The molecule has 0 aliphatic heterocycles. The average Bonchev–Trinajstić information content (AvgIpc) is 2.71. The summed E-state index contributed by atoms with van der Waals surface area (Å²) >= 11 is 0. The molecular weight excluding hydrogens is 418 g/mol. The predicted octanol–water partition coefficient (Wildman–Crippen LogP) is 4.57. The Kier molecular flexibility index (Phi) is 6.07. The van der Waals surface area contributed by atoms with Crippen molar-refractivity contribution in [1.82, 2.24) is 0 Å². The van der Waals surface area contributed by atoms with Gasteiger partial charge in [-0.25, -0.2) is 8.42 Å². The lowest BCUT2D eigenvalue weighted by Crippen LogP contribution is -2.16. The van der Waals surface area contributed by atoms with Gasteiger partial charge >= 0.3 is 0 Å². The lowest BCUT2D eigenvalue weighted by atomic mass is 10.1. The Morgan fingerprint density at radius 3 is 2.23 bits per heavy atom. The van der Waals surface area contributed by atoms with Crippen LogP contribution in [0.15, 0.2) is 65.6 Å². The summed E-state index contributed by atoms with van der Waals surface area (Å²) in [7, 11) is -3.77. The number of aryl methyl sites for hydroxylation is 2. The molecule has 0 fully saturated rings. The smallest absolute Gasteiger partial charge is 0.274 e. The number of rotatable bonds is 6. The van der Waals surface area contributed by atoms with E-state index >= 15 is 0 Å². The predicted molar refractivity (Wildman–Crippen MR) is 119 cm³/mol. The molecule has 8 nitrogen and oxygen atoms in total. The molecule has 0 radical (unpaired) electrons. The Hall–Kier alpha value is -3.72. The molecule has 3 rings (SSSR count). The van der Waals surface area contributed by atoms with Crippen LogP contribution in [0.3, 0.4) is 0 Å². The maximum atomic E-state index is 12.6. The van der Waals surface area contributed by atoms with E-state index in [1.807, 2.05) is 6.92 Å². The summed E-state index contributed by atoms with van der Waals surface area (Å²) in [4.78, 5) is 23.3. The highest BCUT2D eigenvalue weighted by Gasteiger charge is 2.18. The fourth-order valence-electron chi connectivity index (χ4n) is 2.99. The molecule has 1 amide bonds. The van der Waals surface area contributed by atoms with Crippen molar-refractivity contribution in [3.63, 3.8) is 0 Å². The zero-order chi connectivity index (χ0) is 22.8. The topological polar surface area (TPSA) is 118 Å². The van der Waals surface area contributed by atoms with Gasteiger partial charge in [-0.1, -0.05) is 23.8 Å². The molecule has 0 aliphatic rings. The normalized spacial score (nSPS) is 11.1. The van der Waals surface area contributed by atoms with Crippen molar-refractivity contribution < 1.29 is 18.1 Å². The summed E-state index contributed by atoms with van der Waals surface area (Å²) in [6.07, 6.45) is 0. The Morgan fingerprint density at radius 1 is 0.935 bits per heavy atom. The molecule has 3 aromatic rings. The van der Waals surface area contributed by atoms with E-state index in [0.29, 0.717) is 28.1 Å². The molecule has 0 saturated carbocycles. The summed E-state index contributed by atoms with van der Waals surface area (Å²) in [5, 5.41) is 13.7. The number of benzene rings is 3. The minimum Gasteiger partial charge on any atom is -0.321 e. The lowest BCUT2D eigenvalue weighted by Gasteiger charge is -2.13. The number of anilines is 2. The molecule has 9 heteroatoms. The maximum Gasteiger partial charge on any atom is 0.274 e. The van der Waals surface area contributed by atoms with Crippen molar-refractivity contribution in [1.29, 1.82) is 0 Å². The van der Waals surface area contributed by atoms with E-state index in [1.165, 1.54) is 36.4 Å². The molecule has 0 spiro atoms. The second kappa shape index (κ2) is 8.57. The first-order valence-electron chi connectivity index (χ1n) is 9.34. The monoisotopic (exact) mass is 439 g/mol. The molecule has 0 heterocycles. The number of sulfonamides is 1. The fourth-order valence-corrected chi connectivity index (χ4v) is 4.12. The van der Waals surface area contributed by atoms with Gasteiger partial charge < -0.3 is 5.32 Å². The van der Waals surface area contributed by atoms with Crippen LogP contribution in [-0.4, -0.2) is 19.2 Å². The van der Waals surface area contributed by atoms with E-state index in [4.69, 9.17) is 0 Å². The van der Waals surface area contributed by atoms with Crippen LogP contribution in [0.25, 0.3) is 0 Å². The molecule has 0 aromatic heterocycles. The van der Waals surface area contributed by atoms with E-state index in [2.05, 4.69) is 10.0 Å². The van der Waals surface area contributed by atoms with Crippen molar-refractivity contribution >= 4 is 33.0 Å². The second-order valence-electron chi connectivity index (χ2n) is 7.11. The van der Waals surface area contributed by atoms with Gasteiger partial charge in [0.2, 0.25) is 0 Å². The van der Waals surface area contributed by atoms with Crippen LogP contribution in [0.5, 0.6) is 0 Å². The highest BCUT2D eigenvalue weighted by Crippen LogP contribution is 2.26. The first-order valence-corrected chi connectivity index (χ1v) is 10.8. The second-order valence-corrected chi connectivity index (χ2v) is 8.79. The van der Waals surface area contributed by atoms with E-state index in [-0.39, 0.29) is 10.6 Å². The summed E-state index contributed by atoms with van der Waals surface area (Å²) < 4.78 is 27.7. The minimum absolute atomic E-state index is 0.0881. The SMILES string of the molecule is Cc1ccc(S(=O)(=O)Nc2ccc(C(=O)Nc3cccc([N+](=O)[O-])c3C)cc2C)cc1. The molecule has 160 valence electrons. The van der Waals surface area contributed by atoms with Gasteiger partial charge in [0.15, 0.2) is 0 Å². The van der Waals surface area contributed by atoms with Crippen molar-refractivity contribution in [2.24, 2.45) is 0 Å². The van der Waals surface area contributed by atoms with Gasteiger partial charge in [-0.2, -0.15) is 0 Å². The van der Waals surface area contributed by atoms with Crippen molar-refractivity contribution in [2.75, 3.05) is 10.0 Å². The zero-order valence-corrected chi connectivity index (χ0v) is 18.0. The first-order chi connectivity index (χ1) is 14.6. The molecule has 0 atom stereocenters.